The zero-order chi connectivity index (χ0) is 12.3. The van der Waals surface area contributed by atoms with Crippen LogP contribution in [0.25, 0.3) is 11.0 Å². The van der Waals surface area contributed by atoms with E-state index in [-0.39, 0.29) is 11.7 Å². The van der Waals surface area contributed by atoms with Gasteiger partial charge in [0, 0.05) is 12.8 Å². The Morgan fingerprint density at radius 2 is 2.41 bits per heavy atom. The lowest BCUT2D eigenvalue weighted by Gasteiger charge is -1.92. The van der Waals surface area contributed by atoms with Crippen LogP contribution in [0, 0.1) is 19.3 Å². The Balaban J connectivity index is 2.24. The maximum absolute atomic E-state index is 9.60. The summed E-state index contributed by atoms with van der Waals surface area (Å²) in [5.41, 5.74) is 0.894. The fraction of sp³-hybridized carbons (Fsp3) is 0.333. The lowest BCUT2D eigenvalue weighted by Crippen LogP contribution is -1.96. The summed E-state index contributed by atoms with van der Waals surface area (Å²) in [6.07, 6.45) is 7.69. The van der Waals surface area contributed by atoms with Gasteiger partial charge >= 0.3 is 11.5 Å². The van der Waals surface area contributed by atoms with Crippen LogP contribution in [-0.2, 0) is 0 Å². The molecule has 0 saturated heterocycles. The zero-order valence-corrected chi connectivity index (χ0v) is 9.40. The molecule has 5 nitrogen and oxygen atoms in total. The lowest BCUT2D eigenvalue weighted by atomic mass is 10.2. The summed E-state index contributed by atoms with van der Waals surface area (Å²) in [6, 6.07) is 0. The summed E-state index contributed by atoms with van der Waals surface area (Å²) in [4.78, 5) is 0. The molecule has 0 amide bonds. The summed E-state index contributed by atoms with van der Waals surface area (Å²) in [7, 11) is 0. The quantitative estimate of drug-likeness (QED) is 0.499. The lowest BCUT2D eigenvalue weighted by molar-refractivity contribution is 0.229. The number of fused-ring (bicyclic) bond motifs is 1. The van der Waals surface area contributed by atoms with Crippen LogP contribution in [-0.4, -0.2) is 11.7 Å². The molecule has 0 saturated carbocycles. The molecule has 0 unspecified atom stereocenters. The van der Waals surface area contributed by atoms with Crippen molar-refractivity contribution in [2.24, 2.45) is 0 Å². The number of hydrogen-bond acceptors (Lipinski definition) is 2. The molecule has 88 valence electrons. The third-order valence-electron chi connectivity index (χ3n) is 2.28. The van der Waals surface area contributed by atoms with Gasteiger partial charge in [0.1, 0.15) is 5.39 Å². The van der Waals surface area contributed by atoms with Gasteiger partial charge in [-0.25, -0.2) is 0 Å². The van der Waals surface area contributed by atoms with E-state index >= 15 is 0 Å². The second kappa shape index (κ2) is 4.74. The van der Waals surface area contributed by atoms with Crippen molar-refractivity contribution in [3.05, 3.63) is 12.0 Å². The molecule has 2 aromatic heterocycles. The number of aryl methyl sites for hydroxylation is 1. The van der Waals surface area contributed by atoms with Crippen LogP contribution < -0.4 is 9.89 Å². The summed E-state index contributed by atoms with van der Waals surface area (Å²) in [5, 5.41) is 13.9. The number of hydrogen-bond donors (Lipinski definition) is 1. The zero-order valence-electron chi connectivity index (χ0n) is 9.40. The molecular weight excluding hydrogens is 222 g/mol. The maximum atomic E-state index is 9.60. The highest BCUT2D eigenvalue weighted by Crippen LogP contribution is 2.34. The van der Waals surface area contributed by atoms with E-state index in [0.717, 1.165) is 6.42 Å². The van der Waals surface area contributed by atoms with E-state index < -0.39 is 0 Å². The third kappa shape index (κ3) is 2.16. The Morgan fingerprint density at radius 1 is 1.59 bits per heavy atom. The molecule has 0 radical (unpaired) electrons. The van der Waals surface area contributed by atoms with Gasteiger partial charge < -0.3 is 9.84 Å². The fourth-order valence-electron chi connectivity index (χ4n) is 1.47. The first-order valence-electron chi connectivity index (χ1n) is 5.20. The van der Waals surface area contributed by atoms with E-state index in [4.69, 9.17) is 20.1 Å². The first-order valence-corrected chi connectivity index (χ1v) is 5.20. The van der Waals surface area contributed by atoms with E-state index in [1.165, 1.54) is 6.26 Å². The number of aromatic nitrogens is 1. The van der Waals surface area contributed by atoms with Crippen molar-refractivity contribution in [3.8, 4) is 24.0 Å². The summed E-state index contributed by atoms with van der Waals surface area (Å²) >= 11 is 0. The topological polar surface area (TPSA) is 66.2 Å². The highest BCUT2D eigenvalue weighted by Gasteiger charge is 2.30. The minimum Gasteiger partial charge on any atom is -0.502 e. The molecule has 2 rings (SSSR count). The van der Waals surface area contributed by atoms with E-state index in [2.05, 4.69) is 11.1 Å². The van der Waals surface area contributed by atoms with Gasteiger partial charge in [-0.15, -0.1) is 12.3 Å². The number of unbranched alkanes of at least 4 members (excludes halogenated alkanes) is 1. The van der Waals surface area contributed by atoms with Crippen LogP contribution in [0.5, 0.6) is 11.7 Å². The highest BCUT2D eigenvalue weighted by atomic mass is 16.6. The van der Waals surface area contributed by atoms with Crippen LogP contribution in [0.2, 0.25) is 0 Å². The largest absolute Gasteiger partial charge is 0.627 e. The van der Waals surface area contributed by atoms with Crippen molar-refractivity contribution in [1.29, 1.82) is 0 Å². The van der Waals surface area contributed by atoms with Gasteiger partial charge in [-0.3, -0.25) is 14.1 Å². The molecule has 0 fully saturated rings. The van der Waals surface area contributed by atoms with E-state index in [0.29, 0.717) is 29.7 Å². The van der Waals surface area contributed by atoms with Crippen LogP contribution >= 0.6 is 0 Å². The average molecular weight is 234 g/mol. The first-order chi connectivity index (χ1) is 8.24. The smallest absolute Gasteiger partial charge is 0.502 e. The van der Waals surface area contributed by atoms with Crippen LogP contribution in [0.15, 0.2) is 15.2 Å². The summed E-state index contributed by atoms with van der Waals surface area (Å²) < 4.78 is 15.5. The number of aromatic hydroxyl groups is 1. The summed E-state index contributed by atoms with van der Waals surface area (Å²) in [5.74, 6) is 2.70. The van der Waals surface area contributed by atoms with E-state index in [1.807, 2.05) is 0 Å². The number of rotatable bonds is 4. The highest BCUT2D eigenvalue weighted by molar-refractivity contribution is 5.87. The predicted molar refractivity (Wildman–Crippen MR) is 60.6 cm³/mol. The van der Waals surface area contributed by atoms with E-state index in [1.54, 1.807) is 6.92 Å². The number of nitrogens with zero attached hydrogens (tertiary/aromatic N) is 1. The number of ether oxygens (including phenoxy) is 1. The molecular formula is C12H12NO4+. The predicted octanol–water partition coefficient (Wildman–Crippen LogP) is 2.35. The van der Waals surface area contributed by atoms with Crippen molar-refractivity contribution in [1.82, 2.24) is 5.16 Å². The van der Waals surface area contributed by atoms with Gasteiger partial charge in [0.15, 0.2) is 12.4 Å². The monoisotopic (exact) mass is 234 g/mol. The van der Waals surface area contributed by atoms with E-state index in [9.17, 15) is 5.11 Å². The first kappa shape index (κ1) is 11.3. The minimum absolute atomic E-state index is 0.0188. The van der Waals surface area contributed by atoms with Crippen molar-refractivity contribution < 1.29 is 18.8 Å². The average Bonchev–Trinajstić information content (AvgIpc) is 2.71. The fourth-order valence-corrected chi connectivity index (χ4v) is 1.47. The molecule has 0 spiro atoms. The molecule has 0 atom stereocenters. The molecule has 1 N–H and O–H groups in total. The minimum atomic E-state index is -0.0188. The van der Waals surface area contributed by atoms with Crippen molar-refractivity contribution in [2.75, 3.05) is 6.61 Å². The Hall–Kier alpha value is -2.22. The number of terminal acetylenes is 1. The molecule has 2 heterocycles. The Kier molecular flexibility index (Phi) is 3.15. The second-order valence-corrected chi connectivity index (χ2v) is 3.54. The molecule has 0 aliphatic carbocycles. The Morgan fingerprint density at radius 3 is 3.18 bits per heavy atom. The second-order valence-electron chi connectivity index (χ2n) is 3.54. The van der Waals surface area contributed by atoms with Crippen molar-refractivity contribution >= 4 is 11.0 Å². The Bertz CT molecular complexity index is 568. The van der Waals surface area contributed by atoms with Gasteiger partial charge in [-0.1, -0.05) is 12.6 Å². The molecule has 17 heavy (non-hydrogen) atoms. The normalized spacial score (nSPS) is 10.4. The molecule has 0 aromatic carbocycles. The Labute approximate surface area is 98.0 Å². The van der Waals surface area contributed by atoms with Gasteiger partial charge in [0.25, 0.3) is 6.26 Å². The van der Waals surface area contributed by atoms with Gasteiger partial charge in [-0.2, -0.15) is 0 Å². The van der Waals surface area contributed by atoms with Gasteiger partial charge in [0.2, 0.25) is 0 Å². The van der Waals surface area contributed by atoms with Crippen LogP contribution in [0.4, 0.5) is 0 Å². The molecule has 0 aliphatic rings. The molecule has 0 bridgehead atoms. The summed E-state index contributed by atoms with van der Waals surface area (Å²) in [6.45, 7) is 2.15. The van der Waals surface area contributed by atoms with Gasteiger partial charge in [0.05, 0.1) is 0 Å². The third-order valence-corrected chi connectivity index (χ3v) is 2.28. The maximum Gasteiger partial charge on any atom is 0.627 e. The molecule has 5 heteroatoms. The van der Waals surface area contributed by atoms with Crippen LogP contribution in [0.3, 0.4) is 0 Å². The molecule has 2 aromatic rings. The molecule has 0 aliphatic heterocycles. The SMILES string of the molecule is C#CCCCOc1[o+]cc(O)c2c(C)[n-][o+]c12. The van der Waals surface area contributed by atoms with Crippen molar-refractivity contribution in [2.45, 2.75) is 19.8 Å². The van der Waals surface area contributed by atoms with Gasteiger partial charge in [-0.05, 0) is 0 Å². The van der Waals surface area contributed by atoms with Crippen LogP contribution in [0.1, 0.15) is 18.5 Å². The standard InChI is InChI=1S/C12H11NO4/c1-3-4-5-6-15-12-11-10(8(2)13-17-11)9(14)7-16-12/h1,7H,4-6H2,2H3/p+1. The van der Waals surface area contributed by atoms with Crippen molar-refractivity contribution in [3.63, 3.8) is 0 Å².